The van der Waals surface area contributed by atoms with Crippen molar-refractivity contribution in [2.75, 3.05) is 0 Å². The molecule has 4 nitrogen and oxygen atoms in total. The molecule has 1 aromatic carbocycles. The molecular formula is C11H9BrN2O2. The van der Waals surface area contributed by atoms with Crippen LogP contribution in [0.5, 0.6) is 0 Å². The number of carboxylic acid groups (broad SMARTS) is 1. The minimum absolute atomic E-state index is 0.684. The van der Waals surface area contributed by atoms with Crippen molar-refractivity contribution in [3.05, 3.63) is 35.7 Å². The maximum absolute atomic E-state index is 10.4. The van der Waals surface area contributed by atoms with Gasteiger partial charge < -0.3 is 10.1 Å². The van der Waals surface area contributed by atoms with E-state index in [1.807, 2.05) is 12.1 Å². The molecule has 1 aromatic heterocycles. The number of hydrogen-bond acceptors (Lipinski definition) is 2. The van der Waals surface area contributed by atoms with Crippen LogP contribution in [0.15, 0.2) is 24.5 Å². The molecule has 0 unspecified atom stereocenters. The van der Waals surface area contributed by atoms with Crippen molar-refractivity contribution in [2.24, 2.45) is 0 Å². The molecule has 0 radical (unpaired) electrons. The maximum Gasteiger partial charge on any atom is 0.328 e. The zero-order valence-corrected chi connectivity index (χ0v) is 9.86. The van der Waals surface area contributed by atoms with Crippen molar-refractivity contribution in [3.8, 4) is 0 Å². The predicted octanol–water partition coefficient (Wildman–Crippen LogP) is 2.56. The summed E-state index contributed by atoms with van der Waals surface area (Å²) < 4.78 is 0. The van der Waals surface area contributed by atoms with E-state index < -0.39 is 5.97 Å². The Hall–Kier alpha value is -1.62. The lowest BCUT2D eigenvalue weighted by molar-refractivity contribution is -0.131. The first-order valence-electron chi connectivity index (χ1n) is 4.63. The third kappa shape index (κ3) is 2.14. The van der Waals surface area contributed by atoms with E-state index in [0.29, 0.717) is 5.33 Å². The number of alkyl halides is 1. The van der Waals surface area contributed by atoms with Gasteiger partial charge in [-0.25, -0.2) is 9.78 Å². The Morgan fingerprint density at radius 1 is 1.56 bits per heavy atom. The number of carbonyl (C=O) groups is 1. The number of nitrogens with zero attached hydrogens (tertiary/aromatic N) is 1. The fourth-order valence-corrected chi connectivity index (χ4v) is 1.94. The molecule has 0 aliphatic rings. The van der Waals surface area contributed by atoms with Crippen molar-refractivity contribution in [3.63, 3.8) is 0 Å². The van der Waals surface area contributed by atoms with Crippen molar-refractivity contribution in [2.45, 2.75) is 5.33 Å². The third-order valence-corrected chi connectivity index (χ3v) is 2.79. The maximum atomic E-state index is 10.4. The van der Waals surface area contributed by atoms with Gasteiger partial charge in [-0.05, 0) is 29.3 Å². The van der Waals surface area contributed by atoms with Crippen LogP contribution in [0.1, 0.15) is 11.1 Å². The minimum atomic E-state index is -0.954. The van der Waals surface area contributed by atoms with Crippen LogP contribution in [0.25, 0.3) is 17.1 Å². The number of rotatable bonds is 3. The predicted molar refractivity (Wildman–Crippen MR) is 65.4 cm³/mol. The van der Waals surface area contributed by atoms with Gasteiger partial charge in [0.25, 0.3) is 0 Å². The zero-order valence-electron chi connectivity index (χ0n) is 8.27. The fourth-order valence-electron chi connectivity index (χ4n) is 1.51. The van der Waals surface area contributed by atoms with E-state index in [1.54, 1.807) is 12.4 Å². The topological polar surface area (TPSA) is 66.0 Å². The molecule has 2 N–H and O–H groups in total. The summed E-state index contributed by atoms with van der Waals surface area (Å²) in [5, 5.41) is 9.24. The van der Waals surface area contributed by atoms with Gasteiger partial charge in [-0.1, -0.05) is 15.9 Å². The van der Waals surface area contributed by atoms with E-state index >= 15 is 0 Å². The van der Waals surface area contributed by atoms with Crippen molar-refractivity contribution >= 4 is 39.0 Å². The quantitative estimate of drug-likeness (QED) is 0.671. The van der Waals surface area contributed by atoms with Crippen LogP contribution in [0.4, 0.5) is 0 Å². The van der Waals surface area contributed by atoms with Crippen LogP contribution >= 0.6 is 15.9 Å². The Morgan fingerprint density at radius 2 is 2.38 bits per heavy atom. The molecule has 0 aliphatic heterocycles. The summed E-state index contributed by atoms with van der Waals surface area (Å²) in [6, 6.07) is 3.78. The Labute approximate surface area is 100 Å². The van der Waals surface area contributed by atoms with Gasteiger partial charge in [0.05, 0.1) is 17.4 Å². The number of benzene rings is 1. The standard InChI is InChI=1S/C11H9BrN2O2/c12-5-8-3-7(1-2-10(15)16)4-9-11(8)14-6-13-9/h1-4,6H,5H2,(H,13,14)(H,15,16)/b2-1+. The summed E-state index contributed by atoms with van der Waals surface area (Å²) in [5.74, 6) is -0.954. The largest absolute Gasteiger partial charge is 0.478 e. The van der Waals surface area contributed by atoms with Crippen LogP contribution in [-0.4, -0.2) is 21.0 Å². The highest BCUT2D eigenvalue weighted by Crippen LogP contribution is 2.20. The molecule has 2 aromatic rings. The first-order chi connectivity index (χ1) is 7.70. The molecule has 0 spiro atoms. The number of nitrogens with one attached hydrogen (secondary N) is 1. The highest BCUT2D eigenvalue weighted by molar-refractivity contribution is 9.08. The van der Waals surface area contributed by atoms with Gasteiger partial charge in [-0.15, -0.1) is 0 Å². The van der Waals surface area contributed by atoms with E-state index in [1.165, 1.54) is 0 Å². The van der Waals surface area contributed by atoms with Crippen LogP contribution in [0, 0.1) is 0 Å². The van der Waals surface area contributed by atoms with E-state index in [0.717, 1.165) is 28.2 Å². The average Bonchev–Trinajstić information content (AvgIpc) is 2.73. The Bertz CT molecular complexity index is 560. The van der Waals surface area contributed by atoms with Gasteiger partial charge in [0.1, 0.15) is 0 Å². The van der Waals surface area contributed by atoms with Crippen molar-refractivity contribution < 1.29 is 9.90 Å². The molecule has 0 aliphatic carbocycles. The van der Waals surface area contributed by atoms with Crippen LogP contribution in [0.3, 0.4) is 0 Å². The van der Waals surface area contributed by atoms with E-state index in [9.17, 15) is 4.79 Å². The summed E-state index contributed by atoms with van der Waals surface area (Å²) >= 11 is 3.38. The SMILES string of the molecule is O=C(O)/C=C/c1cc(CBr)c2nc[nH]c2c1. The first kappa shape index (κ1) is 10.9. The molecule has 2 rings (SSSR count). The molecule has 0 bridgehead atoms. The number of carboxylic acids is 1. The van der Waals surface area contributed by atoms with Crippen molar-refractivity contribution in [1.29, 1.82) is 0 Å². The number of halogens is 1. The molecule has 0 fully saturated rings. The number of aromatic amines is 1. The lowest BCUT2D eigenvalue weighted by Crippen LogP contribution is -1.87. The van der Waals surface area contributed by atoms with Gasteiger partial charge in [0.2, 0.25) is 0 Å². The number of H-pyrrole nitrogens is 1. The Kier molecular flexibility index (Phi) is 3.05. The van der Waals surface area contributed by atoms with Crippen LogP contribution in [0.2, 0.25) is 0 Å². The third-order valence-electron chi connectivity index (χ3n) is 2.19. The minimum Gasteiger partial charge on any atom is -0.478 e. The van der Waals surface area contributed by atoms with Gasteiger partial charge in [0.15, 0.2) is 0 Å². The van der Waals surface area contributed by atoms with Crippen molar-refractivity contribution in [1.82, 2.24) is 9.97 Å². The van der Waals surface area contributed by atoms with Crippen LogP contribution < -0.4 is 0 Å². The molecule has 82 valence electrons. The second-order valence-corrected chi connectivity index (χ2v) is 3.84. The second-order valence-electron chi connectivity index (χ2n) is 3.28. The number of hydrogen-bond donors (Lipinski definition) is 2. The molecule has 0 saturated heterocycles. The Morgan fingerprint density at radius 3 is 3.06 bits per heavy atom. The van der Waals surface area contributed by atoms with Gasteiger partial charge in [-0.3, -0.25) is 0 Å². The summed E-state index contributed by atoms with van der Waals surface area (Å²) in [4.78, 5) is 17.6. The summed E-state index contributed by atoms with van der Waals surface area (Å²) in [6.07, 6.45) is 4.31. The van der Waals surface area contributed by atoms with Gasteiger partial charge in [0, 0.05) is 11.4 Å². The molecule has 5 heteroatoms. The molecule has 16 heavy (non-hydrogen) atoms. The lowest BCUT2D eigenvalue weighted by atomic mass is 10.1. The van der Waals surface area contributed by atoms with Crippen LogP contribution in [-0.2, 0) is 10.1 Å². The van der Waals surface area contributed by atoms with Gasteiger partial charge >= 0.3 is 5.97 Å². The molecule has 0 atom stereocenters. The highest BCUT2D eigenvalue weighted by atomic mass is 79.9. The number of imidazole rings is 1. The average molecular weight is 281 g/mol. The zero-order chi connectivity index (χ0) is 11.5. The number of fused-ring (bicyclic) bond motifs is 1. The van der Waals surface area contributed by atoms with E-state index in [2.05, 4.69) is 25.9 Å². The number of aliphatic carboxylic acids is 1. The normalized spacial score (nSPS) is 11.3. The summed E-state index contributed by atoms with van der Waals surface area (Å²) in [6.45, 7) is 0. The monoisotopic (exact) mass is 280 g/mol. The second kappa shape index (κ2) is 4.49. The first-order valence-corrected chi connectivity index (χ1v) is 5.76. The van der Waals surface area contributed by atoms with E-state index in [-0.39, 0.29) is 0 Å². The molecule has 0 amide bonds. The Balaban J connectivity index is 2.51. The number of aromatic nitrogens is 2. The van der Waals surface area contributed by atoms with Gasteiger partial charge in [-0.2, -0.15) is 0 Å². The molecule has 1 heterocycles. The summed E-state index contributed by atoms with van der Waals surface area (Å²) in [5.41, 5.74) is 3.68. The summed E-state index contributed by atoms with van der Waals surface area (Å²) in [7, 11) is 0. The fraction of sp³-hybridized carbons (Fsp3) is 0.0909. The lowest BCUT2D eigenvalue weighted by Gasteiger charge is -2.00. The smallest absolute Gasteiger partial charge is 0.328 e. The highest BCUT2D eigenvalue weighted by Gasteiger charge is 2.04. The van der Waals surface area contributed by atoms with E-state index in [4.69, 9.17) is 5.11 Å². The molecular weight excluding hydrogens is 272 g/mol. The molecule has 0 saturated carbocycles.